The number of imidazole rings is 1. The van der Waals surface area contributed by atoms with E-state index in [-0.39, 0.29) is 5.69 Å². The molecule has 0 radical (unpaired) electrons. The molecule has 1 aliphatic heterocycles. The van der Waals surface area contributed by atoms with Crippen LogP contribution in [0, 0.1) is 5.82 Å². The molecule has 0 saturated heterocycles. The first kappa shape index (κ1) is 17.0. The second-order valence-corrected chi connectivity index (χ2v) is 6.30. The van der Waals surface area contributed by atoms with Crippen molar-refractivity contribution in [2.24, 2.45) is 4.99 Å². The highest BCUT2D eigenvalue weighted by Gasteiger charge is 2.17. The number of nitrogens with two attached hydrogens (primary N) is 1. The molecule has 4 rings (SSSR count). The predicted molar refractivity (Wildman–Crippen MR) is 105 cm³/mol. The van der Waals surface area contributed by atoms with E-state index < -0.39 is 5.82 Å². The third kappa shape index (κ3) is 3.46. The van der Waals surface area contributed by atoms with E-state index in [4.69, 9.17) is 5.73 Å². The van der Waals surface area contributed by atoms with Gasteiger partial charge in [0.25, 0.3) is 0 Å². The maximum atomic E-state index is 14.0. The van der Waals surface area contributed by atoms with Crippen LogP contribution in [-0.2, 0) is 13.1 Å². The van der Waals surface area contributed by atoms with E-state index in [2.05, 4.69) is 29.7 Å². The number of hydrogen-bond donors (Lipinski definition) is 2. The van der Waals surface area contributed by atoms with E-state index in [0.29, 0.717) is 17.9 Å². The lowest BCUT2D eigenvalue weighted by Crippen LogP contribution is -2.33. The average Bonchev–Trinajstić information content (AvgIpc) is 3.16. The Morgan fingerprint density at radius 3 is 3.00 bits per heavy atom. The molecule has 0 amide bonds. The molecule has 138 valence electrons. The number of nitrogen functional groups attached to an aromatic ring is 1. The zero-order valence-corrected chi connectivity index (χ0v) is 14.9. The summed E-state index contributed by atoms with van der Waals surface area (Å²) in [5.74, 6) is 0.973. The number of aromatic nitrogens is 3. The minimum absolute atomic E-state index is 0.242. The molecule has 2 aromatic heterocycles. The lowest BCUT2D eigenvalue weighted by atomic mass is 10.2. The molecule has 0 fully saturated rings. The number of rotatable bonds is 4. The highest BCUT2D eigenvalue weighted by Crippen LogP contribution is 2.25. The number of benzene rings is 1. The van der Waals surface area contributed by atoms with Gasteiger partial charge in [0, 0.05) is 50.0 Å². The second kappa shape index (κ2) is 7.06. The molecule has 1 aromatic carbocycles. The number of hydrogen-bond acceptors (Lipinski definition) is 6. The summed E-state index contributed by atoms with van der Waals surface area (Å²) in [6.07, 6.45) is 7.09. The largest absolute Gasteiger partial charge is 0.388 e. The van der Waals surface area contributed by atoms with Gasteiger partial charge in [0.1, 0.15) is 23.1 Å². The van der Waals surface area contributed by atoms with Crippen molar-refractivity contribution in [1.82, 2.24) is 14.5 Å². The highest BCUT2D eigenvalue weighted by molar-refractivity contribution is 5.88. The van der Waals surface area contributed by atoms with Gasteiger partial charge in [0.2, 0.25) is 0 Å². The minimum Gasteiger partial charge on any atom is -0.388 e. The van der Waals surface area contributed by atoms with Crippen molar-refractivity contribution in [1.29, 1.82) is 0 Å². The fraction of sp³-hybridized carbons (Fsp3) is 0.211. The summed E-state index contributed by atoms with van der Waals surface area (Å²) in [5.41, 5.74) is 8.60. The van der Waals surface area contributed by atoms with Gasteiger partial charge in [-0.2, -0.15) is 0 Å². The van der Waals surface area contributed by atoms with E-state index >= 15 is 0 Å². The monoisotopic (exact) mass is 365 g/mol. The van der Waals surface area contributed by atoms with Crippen LogP contribution < -0.4 is 16.0 Å². The van der Waals surface area contributed by atoms with E-state index in [1.807, 2.05) is 18.5 Å². The van der Waals surface area contributed by atoms with E-state index in [0.717, 1.165) is 30.3 Å². The zero-order chi connectivity index (χ0) is 18.8. The van der Waals surface area contributed by atoms with E-state index in [9.17, 15) is 4.39 Å². The number of nitrogens with one attached hydrogen (secondary N) is 1. The van der Waals surface area contributed by atoms with Gasteiger partial charge in [-0.25, -0.2) is 14.4 Å². The van der Waals surface area contributed by atoms with Crippen molar-refractivity contribution < 1.29 is 4.39 Å². The first-order valence-corrected chi connectivity index (χ1v) is 8.66. The zero-order valence-electron chi connectivity index (χ0n) is 14.9. The van der Waals surface area contributed by atoms with Crippen molar-refractivity contribution in [2.45, 2.75) is 13.1 Å². The van der Waals surface area contributed by atoms with Crippen molar-refractivity contribution in [3.8, 4) is 0 Å². The molecular formula is C19H20FN7. The fourth-order valence-corrected chi connectivity index (χ4v) is 3.06. The highest BCUT2D eigenvalue weighted by atomic mass is 19.1. The Morgan fingerprint density at radius 1 is 1.26 bits per heavy atom. The molecule has 8 heteroatoms. The summed E-state index contributed by atoms with van der Waals surface area (Å²) < 4.78 is 16.1. The van der Waals surface area contributed by atoms with Crippen LogP contribution >= 0.6 is 0 Å². The Bertz CT molecular complexity index is 995. The molecule has 0 aliphatic carbocycles. The molecule has 0 atom stereocenters. The Hall–Kier alpha value is -3.42. The summed E-state index contributed by atoms with van der Waals surface area (Å²) >= 11 is 0. The molecule has 3 N–H and O–H groups in total. The number of nitrogens with zero attached hydrogens (tertiary/aromatic N) is 5. The molecule has 3 heterocycles. The van der Waals surface area contributed by atoms with E-state index in [1.165, 1.54) is 6.07 Å². The van der Waals surface area contributed by atoms with Crippen molar-refractivity contribution in [3.05, 3.63) is 60.1 Å². The van der Waals surface area contributed by atoms with Crippen LogP contribution in [0.25, 0.3) is 0 Å². The Balaban J connectivity index is 1.60. The molecule has 0 bridgehead atoms. The van der Waals surface area contributed by atoms with Crippen LogP contribution in [0.4, 0.5) is 27.3 Å². The average molecular weight is 365 g/mol. The summed E-state index contributed by atoms with van der Waals surface area (Å²) in [5, 5.41) is 2.97. The van der Waals surface area contributed by atoms with E-state index in [1.54, 1.807) is 31.6 Å². The van der Waals surface area contributed by atoms with Gasteiger partial charge in [0.05, 0.1) is 18.4 Å². The summed E-state index contributed by atoms with van der Waals surface area (Å²) in [6.45, 7) is 2.42. The topological polar surface area (TPSA) is 84.4 Å². The molecule has 0 saturated carbocycles. The Labute approximate surface area is 156 Å². The van der Waals surface area contributed by atoms with Crippen LogP contribution in [-0.4, -0.2) is 34.3 Å². The van der Waals surface area contributed by atoms with Crippen LogP contribution in [0.5, 0.6) is 0 Å². The first-order chi connectivity index (χ1) is 13.1. The lowest BCUT2D eigenvalue weighted by Gasteiger charge is -2.29. The summed E-state index contributed by atoms with van der Waals surface area (Å²) in [4.78, 5) is 15.1. The lowest BCUT2D eigenvalue weighted by molar-refractivity contribution is 0.559. The predicted octanol–water partition coefficient (Wildman–Crippen LogP) is 2.81. The summed E-state index contributed by atoms with van der Waals surface area (Å²) in [6, 6.07) is 6.60. The third-order valence-corrected chi connectivity index (χ3v) is 4.62. The quantitative estimate of drug-likeness (QED) is 0.695. The molecule has 27 heavy (non-hydrogen) atoms. The number of pyridine rings is 1. The van der Waals surface area contributed by atoms with Gasteiger partial charge in [-0.05, 0) is 24.3 Å². The molecule has 1 aliphatic rings. The van der Waals surface area contributed by atoms with Gasteiger partial charge >= 0.3 is 0 Å². The first-order valence-electron chi connectivity index (χ1n) is 8.66. The number of aliphatic imine (C=N–C) groups is 1. The number of anilines is 3. The van der Waals surface area contributed by atoms with Gasteiger partial charge in [0.15, 0.2) is 0 Å². The molecule has 7 nitrogen and oxygen atoms in total. The molecule has 0 spiro atoms. The third-order valence-electron chi connectivity index (χ3n) is 4.62. The van der Waals surface area contributed by atoms with Gasteiger partial charge in [-0.15, -0.1) is 0 Å². The Kier molecular flexibility index (Phi) is 4.45. The van der Waals surface area contributed by atoms with Crippen molar-refractivity contribution >= 4 is 29.1 Å². The molecular weight excluding hydrogens is 345 g/mol. The minimum atomic E-state index is -0.393. The van der Waals surface area contributed by atoms with Crippen LogP contribution in [0.2, 0.25) is 0 Å². The van der Waals surface area contributed by atoms with Crippen LogP contribution in [0.15, 0.2) is 47.8 Å². The van der Waals surface area contributed by atoms with Gasteiger partial charge in [-0.3, -0.25) is 4.99 Å². The smallest absolute Gasteiger partial charge is 0.148 e. The molecule has 0 unspecified atom stereocenters. The maximum absolute atomic E-state index is 14.0. The van der Waals surface area contributed by atoms with Crippen molar-refractivity contribution in [3.63, 3.8) is 0 Å². The van der Waals surface area contributed by atoms with Crippen molar-refractivity contribution in [2.75, 3.05) is 29.5 Å². The standard InChI is InChI=1S/C19H20FN7/c1-22-14-2-3-16(20)17(9-14)24-10-13-8-15(11-25-19(13)21)27-7-6-26-5-4-23-18(26)12-27/h2-5,8-11,22H,6-7,12H2,1H3,(H2,21,25). The fourth-order valence-electron chi connectivity index (χ4n) is 3.06. The van der Waals surface area contributed by atoms with Gasteiger partial charge < -0.3 is 20.5 Å². The summed E-state index contributed by atoms with van der Waals surface area (Å²) in [7, 11) is 1.77. The second-order valence-electron chi connectivity index (χ2n) is 6.30. The number of halogens is 1. The van der Waals surface area contributed by atoms with Gasteiger partial charge in [-0.1, -0.05) is 0 Å². The molecule has 3 aromatic rings. The van der Waals surface area contributed by atoms with Crippen LogP contribution in [0.1, 0.15) is 11.4 Å². The number of fused-ring (bicyclic) bond motifs is 1. The SMILES string of the molecule is CNc1ccc(F)c(N=Cc2cc(N3CCn4ccnc4C3)cnc2N)c1. The maximum Gasteiger partial charge on any atom is 0.148 e. The van der Waals surface area contributed by atoms with Crippen LogP contribution in [0.3, 0.4) is 0 Å². The normalized spacial score (nSPS) is 13.8. The Morgan fingerprint density at radius 2 is 2.15 bits per heavy atom.